The van der Waals surface area contributed by atoms with Crippen LogP contribution < -0.4 is 20.3 Å². The number of nitrogens with zero attached hydrogens (tertiary/aromatic N) is 1. The number of para-hydroxylation sites is 2. The van der Waals surface area contributed by atoms with Gasteiger partial charge in [0, 0.05) is 0 Å². The summed E-state index contributed by atoms with van der Waals surface area (Å²) in [4.78, 5) is 37.7. The van der Waals surface area contributed by atoms with Crippen molar-refractivity contribution >= 4 is 23.5 Å². The van der Waals surface area contributed by atoms with Gasteiger partial charge in [0.15, 0.2) is 0 Å². The van der Waals surface area contributed by atoms with Crippen LogP contribution in [-0.2, 0) is 4.79 Å². The second-order valence-electron chi connectivity index (χ2n) is 5.81. The number of hydrogen-bond donors (Lipinski definition) is 2. The van der Waals surface area contributed by atoms with E-state index < -0.39 is 29.7 Å². The molecule has 3 rings (SSSR count). The summed E-state index contributed by atoms with van der Waals surface area (Å²) in [7, 11) is 1.24. The van der Waals surface area contributed by atoms with Crippen LogP contribution in [-0.4, -0.2) is 36.8 Å². The molecule has 1 aliphatic rings. The van der Waals surface area contributed by atoms with E-state index in [2.05, 4.69) is 0 Å². The number of alkyl halides is 3. The summed E-state index contributed by atoms with van der Waals surface area (Å²) in [6.07, 6.45) is -5.30. The fraction of sp³-hybridized carbons (Fsp3) is 0.167. The molecule has 0 aliphatic carbocycles. The minimum atomic E-state index is -5.30. The minimum Gasteiger partial charge on any atom is -0.496 e. The van der Waals surface area contributed by atoms with Crippen molar-refractivity contribution in [3.63, 3.8) is 0 Å². The quantitative estimate of drug-likeness (QED) is 0.782. The van der Waals surface area contributed by atoms with E-state index in [0.717, 1.165) is 0 Å². The molecule has 146 valence electrons. The smallest absolute Gasteiger partial charge is 0.440 e. The largest absolute Gasteiger partial charge is 0.496 e. The number of rotatable bonds is 4. The van der Waals surface area contributed by atoms with Crippen molar-refractivity contribution in [2.45, 2.75) is 11.8 Å². The van der Waals surface area contributed by atoms with Crippen LogP contribution in [0.15, 0.2) is 54.6 Å². The number of carbonyl (C=O) groups is 3. The Labute approximate surface area is 157 Å². The molecule has 1 unspecified atom stereocenters. The first kappa shape index (κ1) is 19.2. The Morgan fingerprint density at radius 2 is 1.68 bits per heavy atom. The second kappa shape index (κ2) is 6.87. The van der Waals surface area contributed by atoms with E-state index in [1.165, 1.54) is 55.6 Å². The zero-order valence-electron chi connectivity index (χ0n) is 14.4. The van der Waals surface area contributed by atoms with Crippen molar-refractivity contribution in [2.24, 2.45) is 0 Å². The van der Waals surface area contributed by atoms with Crippen LogP contribution in [0.4, 0.5) is 23.7 Å². The number of urea groups is 1. The number of ether oxygens (including phenoxy) is 1. The molecule has 2 aromatic carbocycles. The van der Waals surface area contributed by atoms with Crippen molar-refractivity contribution in [1.82, 2.24) is 10.6 Å². The molecule has 0 saturated carbocycles. The van der Waals surface area contributed by atoms with E-state index in [1.807, 2.05) is 0 Å². The maximum absolute atomic E-state index is 13.9. The van der Waals surface area contributed by atoms with Crippen LogP contribution in [0.3, 0.4) is 0 Å². The summed E-state index contributed by atoms with van der Waals surface area (Å²) >= 11 is 0. The number of carbonyl (C=O) groups excluding carboxylic acids is 3. The highest BCUT2D eigenvalue weighted by Crippen LogP contribution is 2.36. The lowest BCUT2D eigenvalue weighted by molar-refractivity contribution is -0.197. The highest BCUT2D eigenvalue weighted by Gasteiger charge is 2.69. The lowest BCUT2D eigenvalue weighted by Crippen LogP contribution is -2.69. The van der Waals surface area contributed by atoms with Crippen molar-refractivity contribution in [3.05, 3.63) is 60.2 Å². The molecule has 1 saturated heterocycles. The number of anilines is 1. The lowest BCUT2D eigenvalue weighted by atomic mass is 10.1. The fourth-order valence-electron chi connectivity index (χ4n) is 2.76. The van der Waals surface area contributed by atoms with Crippen molar-refractivity contribution < 1.29 is 32.3 Å². The second-order valence-corrected chi connectivity index (χ2v) is 5.81. The molecular weight excluding hydrogens is 379 g/mol. The molecular formula is C18H14F3N3O4. The number of benzene rings is 2. The molecule has 4 amide bonds. The summed E-state index contributed by atoms with van der Waals surface area (Å²) in [5.41, 5.74) is -3.91. The van der Waals surface area contributed by atoms with Gasteiger partial charge in [-0.05, 0) is 24.3 Å². The van der Waals surface area contributed by atoms with Crippen LogP contribution in [0, 0.1) is 0 Å². The van der Waals surface area contributed by atoms with Crippen LogP contribution in [0.5, 0.6) is 5.75 Å². The Bertz CT molecular complexity index is 933. The van der Waals surface area contributed by atoms with Gasteiger partial charge in [-0.25, -0.2) is 9.69 Å². The van der Waals surface area contributed by atoms with E-state index in [0.29, 0.717) is 4.90 Å². The minimum absolute atomic E-state index is 0.00834. The summed E-state index contributed by atoms with van der Waals surface area (Å²) in [6, 6.07) is 11.3. The molecule has 7 nitrogen and oxygen atoms in total. The number of methoxy groups -OCH3 is 1. The number of amides is 4. The first-order valence-corrected chi connectivity index (χ1v) is 7.95. The third-order valence-corrected chi connectivity index (χ3v) is 4.11. The van der Waals surface area contributed by atoms with Gasteiger partial charge in [0.05, 0.1) is 18.4 Å². The average Bonchev–Trinajstić information content (AvgIpc) is 2.93. The molecule has 0 aromatic heterocycles. The topological polar surface area (TPSA) is 87.7 Å². The third kappa shape index (κ3) is 3.02. The summed E-state index contributed by atoms with van der Waals surface area (Å²) in [6.45, 7) is 0. The van der Waals surface area contributed by atoms with Gasteiger partial charge in [-0.3, -0.25) is 14.9 Å². The molecule has 0 bridgehead atoms. The number of hydrogen-bond acceptors (Lipinski definition) is 4. The normalized spacial score (nSPS) is 19.4. The standard InChI is InChI=1S/C18H14F3N3O4/c1-28-13-10-6-5-9-12(13)14(25)22-17(18(19,20)21)15(26)24(16(27)23-17)11-7-3-2-4-8-11/h2-10H,1H3,(H,22,25)(H,23,27). The Hall–Kier alpha value is -3.56. The summed E-state index contributed by atoms with van der Waals surface area (Å²) in [5, 5.41) is 3.22. The average molecular weight is 393 g/mol. The Morgan fingerprint density at radius 3 is 2.29 bits per heavy atom. The number of halogens is 3. The summed E-state index contributed by atoms with van der Waals surface area (Å²) in [5.74, 6) is -2.90. The predicted molar refractivity (Wildman–Crippen MR) is 91.7 cm³/mol. The Balaban J connectivity index is 2.02. The molecule has 28 heavy (non-hydrogen) atoms. The van der Waals surface area contributed by atoms with Crippen molar-refractivity contribution in [3.8, 4) is 5.75 Å². The van der Waals surface area contributed by atoms with Crippen LogP contribution >= 0.6 is 0 Å². The van der Waals surface area contributed by atoms with Gasteiger partial charge in [-0.2, -0.15) is 13.2 Å². The molecule has 0 radical (unpaired) electrons. The van der Waals surface area contributed by atoms with Gasteiger partial charge >= 0.3 is 12.2 Å². The highest BCUT2D eigenvalue weighted by molar-refractivity contribution is 6.24. The van der Waals surface area contributed by atoms with Gasteiger partial charge in [0.2, 0.25) is 0 Å². The molecule has 2 aromatic rings. The van der Waals surface area contributed by atoms with E-state index >= 15 is 0 Å². The van der Waals surface area contributed by atoms with E-state index in [1.54, 1.807) is 16.7 Å². The molecule has 1 fully saturated rings. The first-order valence-electron chi connectivity index (χ1n) is 7.95. The van der Waals surface area contributed by atoms with E-state index in [9.17, 15) is 27.6 Å². The molecule has 10 heteroatoms. The molecule has 0 spiro atoms. The molecule has 1 heterocycles. The molecule has 2 N–H and O–H groups in total. The highest BCUT2D eigenvalue weighted by atomic mass is 19.4. The Kier molecular flexibility index (Phi) is 4.72. The number of imide groups is 1. The SMILES string of the molecule is COc1ccccc1C(=O)NC1(C(F)(F)F)NC(=O)N(c2ccccc2)C1=O. The Morgan fingerprint density at radius 1 is 1.07 bits per heavy atom. The monoisotopic (exact) mass is 393 g/mol. The van der Waals surface area contributed by atoms with Gasteiger partial charge in [0.25, 0.3) is 17.5 Å². The first-order chi connectivity index (χ1) is 13.2. The van der Waals surface area contributed by atoms with Gasteiger partial charge < -0.3 is 10.1 Å². The van der Waals surface area contributed by atoms with Crippen molar-refractivity contribution in [2.75, 3.05) is 12.0 Å². The lowest BCUT2D eigenvalue weighted by Gasteiger charge is -2.30. The van der Waals surface area contributed by atoms with Crippen molar-refractivity contribution in [1.29, 1.82) is 0 Å². The van der Waals surface area contributed by atoms with Crippen LogP contribution in [0.2, 0.25) is 0 Å². The van der Waals surface area contributed by atoms with E-state index in [-0.39, 0.29) is 17.0 Å². The zero-order valence-corrected chi connectivity index (χ0v) is 14.4. The predicted octanol–water partition coefficient (Wildman–Crippen LogP) is 2.44. The fourth-order valence-corrected chi connectivity index (χ4v) is 2.76. The van der Waals surface area contributed by atoms with Gasteiger partial charge in [-0.15, -0.1) is 0 Å². The maximum atomic E-state index is 13.9. The van der Waals surface area contributed by atoms with Crippen LogP contribution in [0.25, 0.3) is 0 Å². The summed E-state index contributed by atoms with van der Waals surface area (Å²) < 4.78 is 46.6. The molecule has 1 atom stereocenters. The number of nitrogens with one attached hydrogen (secondary N) is 2. The van der Waals surface area contributed by atoms with E-state index in [4.69, 9.17) is 4.74 Å². The zero-order chi connectivity index (χ0) is 20.5. The third-order valence-electron chi connectivity index (χ3n) is 4.11. The van der Waals surface area contributed by atoms with Gasteiger partial charge in [-0.1, -0.05) is 30.3 Å². The maximum Gasteiger partial charge on any atom is 0.440 e. The van der Waals surface area contributed by atoms with Gasteiger partial charge in [0.1, 0.15) is 5.75 Å². The van der Waals surface area contributed by atoms with Crippen LogP contribution in [0.1, 0.15) is 10.4 Å². The molecule has 1 aliphatic heterocycles.